The van der Waals surface area contributed by atoms with Crippen LogP contribution in [-0.4, -0.2) is 47.4 Å². The summed E-state index contributed by atoms with van der Waals surface area (Å²) in [5.74, 6) is -0.0259. The number of carbonyl (C=O) groups is 2. The van der Waals surface area contributed by atoms with E-state index < -0.39 is 12.1 Å². The van der Waals surface area contributed by atoms with Crippen LogP contribution in [0.1, 0.15) is 431 Å². The van der Waals surface area contributed by atoms with Gasteiger partial charge in [-0.2, -0.15) is 0 Å². The minimum absolute atomic E-state index is 0.00235. The fraction of sp³-hybridized carbons (Fsp3) is 0.899. The smallest absolute Gasteiger partial charge is 0.305 e. The van der Waals surface area contributed by atoms with Gasteiger partial charge < -0.3 is 20.3 Å². The SMILES string of the molecule is CCC/C=C\C/C=C\CCCCCCCC(=O)OCCCCCCCCCCCCCC/C=C\CCCCCCCCCCCCCCCCC(=O)NC(CO)C(O)CCCCCCCCCCCCCCCCCCCCCCCCCCC. The molecule has 0 aliphatic heterocycles. The number of allylic oxidation sites excluding steroid dienone is 6. The maximum Gasteiger partial charge on any atom is 0.305 e. The topological polar surface area (TPSA) is 95.9 Å². The molecule has 0 fully saturated rings. The number of amides is 1. The lowest BCUT2D eigenvalue weighted by molar-refractivity contribution is -0.143. The van der Waals surface area contributed by atoms with Gasteiger partial charge in [0, 0.05) is 12.8 Å². The van der Waals surface area contributed by atoms with Crippen molar-refractivity contribution >= 4 is 11.9 Å². The summed E-state index contributed by atoms with van der Waals surface area (Å²) in [6.45, 7) is 4.93. The molecule has 1 amide bonds. The summed E-state index contributed by atoms with van der Waals surface area (Å²) < 4.78 is 5.48. The number of rotatable bonds is 73. The van der Waals surface area contributed by atoms with E-state index in [-0.39, 0.29) is 18.5 Å². The standard InChI is InChI=1S/C79H151NO5/c1-3-5-7-9-11-13-15-17-18-19-20-21-22-29-32-35-38-41-44-48-51-55-59-63-67-71-77(82)76(75-81)80-78(83)72-68-64-60-56-52-49-45-42-39-36-33-30-27-25-23-24-26-28-31-34-37-40-43-46-50-54-58-62-66-70-74-85-79(84)73-69-65-61-57-53-47-16-14-12-10-8-6-4-2/h8,10,14,16,24,26,76-77,81-82H,3-7,9,11-13,15,17-23,25,27-75H2,1-2H3,(H,80,83)/b10-8-,16-14-,26-24-. The van der Waals surface area contributed by atoms with Gasteiger partial charge in [-0.15, -0.1) is 0 Å². The number of aliphatic hydroxyl groups excluding tert-OH is 2. The van der Waals surface area contributed by atoms with Gasteiger partial charge in [0.2, 0.25) is 5.91 Å². The summed E-state index contributed by atoms with van der Waals surface area (Å²) >= 11 is 0. The summed E-state index contributed by atoms with van der Waals surface area (Å²) in [4.78, 5) is 24.6. The molecule has 85 heavy (non-hydrogen) atoms. The molecular formula is C79H151NO5. The van der Waals surface area contributed by atoms with Gasteiger partial charge in [-0.1, -0.05) is 378 Å². The van der Waals surface area contributed by atoms with Crippen molar-refractivity contribution in [1.29, 1.82) is 0 Å². The highest BCUT2D eigenvalue weighted by molar-refractivity contribution is 5.76. The molecule has 0 bridgehead atoms. The zero-order valence-electron chi connectivity index (χ0n) is 57.6. The molecule has 0 rings (SSSR count). The van der Waals surface area contributed by atoms with Gasteiger partial charge in [0.05, 0.1) is 25.4 Å². The lowest BCUT2D eigenvalue weighted by Gasteiger charge is -2.22. The van der Waals surface area contributed by atoms with Crippen molar-refractivity contribution in [3.05, 3.63) is 36.5 Å². The Bertz CT molecular complexity index is 1380. The van der Waals surface area contributed by atoms with Crippen LogP contribution >= 0.6 is 0 Å². The molecule has 502 valence electrons. The summed E-state index contributed by atoms with van der Waals surface area (Å²) in [7, 11) is 0. The highest BCUT2D eigenvalue weighted by Crippen LogP contribution is 2.20. The first-order chi connectivity index (χ1) is 42.0. The van der Waals surface area contributed by atoms with E-state index in [1.165, 1.54) is 347 Å². The van der Waals surface area contributed by atoms with Crippen LogP contribution in [0.3, 0.4) is 0 Å². The molecule has 2 unspecified atom stereocenters. The predicted octanol–water partition coefficient (Wildman–Crippen LogP) is 25.4. The molecule has 0 spiro atoms. The summed E-state index contributed by atoms with van der Waals surface area (Å²) in [6, 6.07) is -0.542. The third kappa shape index (κ3) is 71.0. The summed E-state index contributed by atoms with van der Waals surface area (Å²) in [5, 5.41) is 23.5. The molecule has 0 heterocycles. The Hall–Kier alpha value is -1.92. The monoisotopic (exact) mass is 1190 g/mol. The second-order valence-electron chi connectivity index (χ2n) is 26.7. The molecule has 3 N–H and O–H groups in total. The van der Waals surface area contributed by atoms with Gasteiger partial charge in [-0.25, -0.2) is 0 Å². The quantitative estimate of drug-likeness (QED) is 0.0320. The van der Waals surface area contributed by atoms with Crippen molar-refractivity contribution < 1.29 is 24.5 Å². The van der Waals surface area contributed by atoms with Crippen LogP contribution in [0.4, 0.5) is 0 Å². The molecule has 0 aromatic carbocycles. The Morgan fingerprint density at radius 2 is 0.612 bits per heavy atom. The zero-order chi connectivity index (χ0) is 61.3. The number of esters is 1. The molecule has 0 aromatic rings. The van der Waals surface area contributed by atoms with Crippen molar-refractivity contribution in [3.63, 3.8) is 0 Å². The van der Waals surface area contributed by atoms with Gasteiger partial charge in [-0.3, -0.25) is 9.59 Å². The molecule has 0 saturated carbocycles. The maximum atomic E-state index is 12.6. The van der Waals surface area contributed by atoms with Crippen molar-refractivity contribution in [2.24, 2.45) is 0 Å². The predicted molar refractivity (Wildman–Crippen MR) is 375 cm³/mol. The molecule has 0 aliphatic carbocycles. The largest absolute Gasteiger partial charge is 0.466 e. The van der Waals surface area contributed by atoms with Gasteiger partial charge in [0.25, 0.3) is 0 Å². The highest BCUT2D eigenvalue weighted by Gasteiger charge is 2.20. The van der Waals surface area contributed by atoms with Crippen LogP contribution in [-0.2, 0) is 14.3 Å². The Labute approximate surface area is 532 Å². The molecular weight excluding hydrogens is 1040 g/mol. The number of hydrogen-bond acceptors (Lipinski definition) is 5. The van der Waals surface area contributed by atoms with Gasteiger partial charge in [0.15, 0.2) is 0 Å². The molecule has 6 heteroatoms. The van der Waals surface area contributed by atoms with E-state index in [9.17, 15) is 19.8 Å². The third-order valence-electron chi connectivity index (χ3n) is 18.1. The van der Waals surface area contributed by atoms with Gasteiger partial charge >= 0.3 is 5.97 Å². The minimum Gasteiger partial charge on any atom is -0.466 e. The van der Waals surface area contributed by atoms with E-state index in [0.29, 0.717) is 25.9 Å². The molecule has 0 aliphatic rings. The average Bonchev–Trinajstić information content (AvgIpc) is 3.51. The zero-order valence-corrected chi connectivity index (χ0v) is 57.6. The summed E-state index contributed by atoms with van der Waals surface area (Å²) in [5.41, 5.74) is 0. The van der Waals surface area contributed by atoms with Crippen LogP contribution in [0.2, 0.25) is 0 Å². The number of ether oxygens (including phenoxy) is 1. The van der Waals surface area contributed by atoms with Crippen LogP contribution in [0.5, 0.6) is 0 Å². The fourth-order valence-corrected chi connectivity index (χ4v) is 12.3. The van der Waals surface area contributed by atoms with Crippen molar-refractivity contribution in [3.8, 4) is 0 Å². The van der Waals surface area contributed by atoms with Crippen LogP contribution in [0.25, 0.3) is 0 Å². The van der Waals surface area contributed by atoms with E-state index in [0.717, 1.165) is 51.4 Å². The van der Waals surface area contributed by atoms with Crippen LogP contribution < -0.4 is 5.32 Å². The van der Waals surface area contributed by atoms with Gasteiger partial charge in [0.1, 0.15) is 0 Å². The first-order valence-corrected chi connectivity index (χ1v) is 38.7. The maximum absolute atomic E-state index is 12.6. The third-order valence-corrected chi connectivity index (χ3v) is 18.1. The normalized spacial score (nSPS) is 12.7. The first-order valence-electron chi connectivity index (χ1n) is 38.7. The molecule has 0 saturated heterocycles. The van der Waals surface area contributed by atoms with E-state index in [1.807, 2.05) is 0 Å². The Kier molecular flexibility index (Phi) is 72.9. The minimum atomic E-state index is -0.665. The van der Waals surface area contributed by atoms with Crippen LogP contribution in [0, 0.1) is 0 Å². The Morgan fingerprint density at radius 3 is 0.953 bits per heavy atom. The van der Waals surface area contributed by atoms with Crippen molar-refractivity contribution in [1.82, 2.24) is 5.32 Å². The molecule has 0 aromatic heterocycles. The van der Waals surface area contributed by atoms with Crippen molar-refractivity contribution in [2.75, 3.05) is 13.2 Å². The Balaban J connectivity index is 3.37. The number of nitrogens with one attached hydrogen (secondary N) is 1. The number of hydrogen-bond donors (Lipinski definition) is 3. The lowest BCUT2D eigenvalue weighted by Crippen LogP contribution is -2.45. The highest BCUT2D eigenvalue weighted by atomic mass is 16.5. The van der Waals surface area contributed by atoms with Gasteiger partial charge in [-0.05, 0) is 77.0 Å². The molecule has 6 nitrogen and oxygen atoms in total. The lowest BCUT2D eigenvalue weighted by atomic mass is 10.0. The number of unbranched alkanes of at least 4 members (excludes halogenated alkanes) is 56. The van der Waals surface area contributed by atoms with E-state index in [1.54, 1.807) is 0 Å². The second kappa shape index (κ2) is 74.5. The van der Waals surface area contributed by atoms with E-state index in [4.69, 9.17) is 4.74 Å². The fourth-order valence-electron chi connectivity index (χ4n) is 12.3. The van der Waals surface area contributed by atoms with Crippen molar-refractivity contribution in [2.45, 2.75) is 443 Å². The van der Waals surface area contributed by atoms with E-state index in [2.05, 4.69) is 55.6 Å². The molecule has 2 atom stereocenters. The first kappa shape index (κ1) is 83.1. The second-order valence-corrected chi connectivity index (χ2v) is 26.7. The number of carbonyl (C=O) groups excluding carboxylic acids is 2. The Morgan fingerprint density at radius 1 is 0.329 bits per heavy atom. The summed E-state index contributed by atoms with van der Waals surface area (Å²) in [6.07, 6.45) is 96.6. The average molecular weight is 1200 g/mol. The molecule has 0 radical (unpaired) electrons. The van der Waals surface area contributed by atoms with Crippen LogP contribution in [0.15, 0.2) is 36.5 Å². The van der Waals surface area contributed by atoms with E-state index >= 15 is 0 Å². The number of aliphatic hydroxyl groups is 2.